The number of anilines is 1. The summed E-state index contributed by atoms with van der Waals surface area (Å²) in [6.07, 6.45) is 5.70. The summed E-state index contributed by atoms with van der Waals surface area (Å²) in [7, 11) is 0. The van der Waals surface area contributed by atoms with Crippen molar-refractivity contribution >= 4 is 17.7 Å². The summed E-state index contributed by atoms with van der Waals surface area (Å²) in [5, 5.41) is 0. The average molecular weight is 266 g/mol. The van der Waals surface area contributed by atoms with Gasteiger partial charge in [-0.1, -0.05) is 6.92 Å². The maximum Gasteiger partial charge on any atom is 0.225 e. The first-order valence-corrected chi connectivity index (χ1v) is 7.77. The van der Waals surface area contributed by atoms with Crippen LogP contribution in [0.3, 0.4) is 0 Å². The third-order valence-electron chi connectivity index (χ3n) is 3.34. The molecule has 2 heterocycles. The van der Waals surface area contributed by atoms with Crippen LogP contribution in [0.15, 0.2) is 12.4 Å². The molecule has 0 aromatic carbocycles. The predicted molar refractivity (Wildman–Crippen MR) is 78.1 cm³/mol. The number of nitrogens with two attached hydrogens (primary N) is 1. The highest BCUT2D eigenvalue weighted by Crippen LogP contribution is 2.20. The Hall–Kier alpha value is -0.810. The number of hydrogen-bond acceptors (Lipinski definition) is 5. The first kappa shape index (κ1) is 13.6. The zero-order valence-corrected chi connectivity index (χ0v) is 12.0. The van der Waals surface area contributed by atoms with E-state index in [-0.39, 0.29) is 6.04 Å². The molecule has 0 aliphatic carbocycles. The van der Waals surface area contributed by atoms with Crippen LogP contribution in [0.2, 0.25) is 0 Å². The van der Waals surface area contributed by atoms with Gasteiger partial charge in [0.15, 0.2) is 0 Å². The molecule has 0 spiro atoms. The summed E-state index contributed by atoms with van der Waals surface area (Å²) >= 11 is 2.00. The Labute approximate surface area is 113 Å². The second kappa shape index (κ2) is 6.38. The largest absolute Gasteiger partial charge is 0.336 e. The lowest BCUT2D eigenvalue weighted by molar-refractivity contribution is 0.639. The Kier molecular flexibility index (Phi) is 4.83. The van der Waals surface area contributed by atoms with Crippen molar-refractivity contribution in [3.63, 3.8) is 0 Å². The Balaban J connectivity index is 2.02. The Bertz CT molecular complexity index is 368. The van der Waals surface area contributed by atoms with Crippen molar-refractivity contribution in [2.75, 3.05) is 23.0 Å². The van der Waals surface area contributed by atoms with E-state index in [9.17, 15) is 0 Å². The quantitative estimate of drug-likeness (QED) is 0.899. The van der Waals surface area contributed by atoms with Crippen molar-refractivity contribution in [2.24, 2.45) is 5.73 Å². The highest BCUT2D eigenvalue weighted by Gasteiger charge is 2.20. The standard InChI is InChI=1S/C13H22N4S/c1-3-12(14)6-11-7-15-13(16-8-11)17-4-5-18-9-10(17)2/h7-8,10,12H,3-6,9,14H2,1-2H3. The number of hydrogen-bond donors (Lipinski definition) is 1. The van der Waals surface area contributed by atoms with Crippen molar-refractivity contribution in [3.8, 4) is 0 Å². The molecule has 1 fully saturated rings. The average Bonchev–Trinajstić information content (AvgIpc) is 2.40. The van der Waals surface area contributed by atoms with Crippen LogP contribution in [0.5, 0.6) is 0 Å². The highest BCUT2D eigenvalue weighted by atomic mass is 32.2. The van der Waals surface area contributed by atoms with Crippen LogP contribution in [0.25, 0.3) is 0 Å². The van der Waals surface area contributed by atoms with E-state index in [0.29, 0.717) is 6.04 Å². The molecule has 5 heteroatoms. The van der Waals surface area contributed by atoms with E-state index < -0.39 is 0 Å². The zero-order chi connectivity index (χ0) is 13.0. The third kappa shape index (κ3) is 3.36. The van der Waals surface area contributed by atoms with Crippen molar-refractivity contribution < 1.29 is 0 Å². The van der Waals surface area contributed by atoms with Crippen LogP contribution >= 0.6 is 11.8 Å². The van der Waals surface area contributed by atoms with Crippen molar-refractivity contribution in [1.29, 1.82) is 0 Å². The minimum Gasteiger partial charge on any atom is -0.336 e. The molecule has 0 radical (unpaired) electrons. The van der Waals surface area contributed by atoms with Gasteiger partial charge in [0.1, 0.15) is 0 Å². The van der Waals surface area contributed by atoms with Crippen LogP contribution in [0.1, 0.15) is 25.8 Å². The number of thioether (sulfide) groups is 1. The molecule has 18 heavy (non-hydrogen) atoms. The topological polar surface area (TPSA) is 55.0 Å². The molecule has 0 amide bonds. The van der Waals surface area contributed by atoms with Gasteiger partial charge in [-0.25, -0.2) is 9.97 Å². The predicted octanol–water partition coefficient (Wildman–Crippen LogP) is 1.70. The third-order valence-corrected chi connectivity index (χ3v) is 4.53. The number of nitrogens with zero attached hydrogens (tertiary/aromatic N) is 3. The van der Waals surface area contributed by atoms with Gasteiger partial charge < -0.3 is 10.6 Å². The molecule has 1 aliphatic heterocycles. The molecule has 1 saturated heterocycles. The summed E-state index contributed by atoms with van der Waals surface area (Å²) in [6.45, 7) is 5.38. The van der Waals surface area contributed by atoms with Crippen LogP contribution < -0.4 is 10.6 Å². The molecule has 0 bridgehead atoms. The highest BCUT2D eigenvalue weighted by molar-refractivity contribution is 7.99. The van der Waals surface area contributed by atoms with Crippen LogP contribution in [-0.2, 0) is 6.42 Å². The van der Waals surface area contributed by atoms with E-state index >= 15 is 0 Å². The Morgan fingerprint density at radius 3 is 2.83 bits per heavy atom. The lowest BCUT2D eigenvalue weighted by atomic mass is 10.1. The summed E-state index contributed by atoms with van der Waals surface area (Å²) in [4.78, 5) is 11.3. The second-order valence-corrected chi connectivity index (χ2v) is 6.03. The van der Waals surface area contributed by atoms with Crippen LogP contribution in [0.4, 0.5) is 5.95 Å². The molecular formula is C13H22N4S. The van der Waals surface area contributed by atoms with Crippen molar-refractivity contribution in [2.45, 2.75) is 38.8 Å². The van der Waals surface area contributed by atoms with Crippen molar-refractivity contribution in [3.05, 3.63) is 18.0 Å². The Morgan fingerprint density at radius 2 is 2.22 bits per heavy atom. The van der Waals surface area contributed by atoms with Gasteiger partial charge in [0.2, 0.25) is 5.95 Å². The first-order valence-electron chi connectivity index (χ1n) is 6.61. The van der Waals surface area contributed by atoms with Gasteiger partial charge in [-0.15, -0.1) is 0 Å². The minimum atomic E-state index is 0.213. The molecule has 1 aromatic heterocycles. The van der Waals surface area contributed by atoms with E-state index in [1.165, 1.54) is 0 Å². The lowest BCUT2D eigenvalue weighted by Gasteiger charge is -2.32. The molecule has 0 saturated carbocycles. The summed E-state index contributed by atoms with van der Waals surface area (Å²) < 4.78 is 0. The van der Waals surface area contributed by atoms with Gasteiger partial charge in [0.05, 0.1) is 0 Å². The van der Waals surface area contributed by atoms with E-state index in [2.05, 4.69) is 28.7 Å². The fourth-order valence-corrected chi connectivity index (χ4v) is 3.09. The molecule has 1 aliphatic rings. The molecule has 100 valence electrons. The number of rotatable bonds is 4. The van der Waals surface area contributed by atoms with Gasteiger partial charge in [-0.05, 0) is 25.3 Å². The van der Waals surface area contributed by atoms with Gasteiger partial charge in [0.25, 0.3) is 0 Å². The lowest BCUT2D eigenvalue weighted by Crippen LogP contribution is -2.41. The van der Waals surface area contributed by atoms with Gasteiger partial charge in [0, 0.05) is 42.5 Å². The van der Waals surface area contributed by atoms with E-state index in [1.54, 1.807) is 0 Å². The SMILES string of the molecule is CCC(N)Cc1cnc(N2CCSCC2C)nc1. The smallest absolute Gasteiger partial charge is 0.225 e. The number of aromatic nitrogens is 2. The second-order valence-electron chi connectivity index (χ2n) is 4.88. The van der Waals surface area contributed by atoms with Crippen LogP contribution in [-0.4, -0.2) is 40.1 Å². The van der Waals surface area contributed by atoms with Gasteiger partial charge in [-0.3, -0.25) is 0 Å². The summed E-state index contributed by atoms with van der Waals surface area (Å²) in [5.41, 5.74) is 7.07. The van der Waals surface area contributed by atoms with Gasteiger partial charge >= 0.3 is 0 Å². The molecule has 2 atom stereocenters. The molecule has 2 N–H and O–H groups in total. The van der Waals surface area contributed by atoms with E-state index in [4.69, 9.17) is 5.73 Å². The summed E-state index contributed by atoms with van der Waals surface area (Å²) in [6, 6.07) is 0.734. The van der Waals surface area contributed by atoms with Crippen molar-refractivity contribution in [1.82, 2.24) is 9.97 Å². The fourth-order valence-electron chi connectivity index (χ4n) is 2.07. The first-order chi connectivity index (χ1) is 8.70. The summed E-state index contributed by atoms with van der Waals surface area (Å²) in [5.74, 6) is 3.18. The van der Waals surface area contributed by atoms with E-state index in [0.717, 1.165) is 42.4 Å². The molecular weight excluding hydrogens is 244 g/mol. The minimum absolute atomic E-state index is 0.213. The molecule has 1 aromatic rings. The fraction of sp³-hybridized carbons (Fsp3) is 0.692. The maximum absolute atomic E-state index is 5.94. The molecule has 2 unspecified atom stereocenters. The van der Waals surface area contributed by atoms with E-state index in [1.807, 2.05) is 24.2 Å². The zero-order valence-electron chi connectivity index (χ0n) is 11.2. The van der Waals surface area contributed by atoms with Gasteiger partial charge in [-0.2, -0.15) is 11.8 Å². The maximum atomic E-state index is 5.94. The Morgan fingerprint density at radius 1 is 1.50 bits per heavy atom. The molecule has 4 nitrogen and oxygen atoms in total. The molecule has 2 rings (SSSR count). The monoisotopic (exact) mass is 266 g/mol. The van der Waals surface area contributed by atoms with Crippen LogP contribution in [0, 0.1) is 0 Å². The normalized spacial score (nSPS) is 21.9.